The number of aromatic nitrogens is 2. The maximum Gasteiger partial charge on any atom is 0.338 e. The van der Waals surface area contributed by atoms with E-state index in [4.69, 9.17) is 4.74 Å². The zero-order valence-electron chi connectivity index (χ0n) is 16.8. The maximum absolute atomic E-state index is 12.7. The summed E-state index contributed by atoms with van der Waals surface area (Å²) in [6.45, 7) is 2.11. The lowest BCUT2D eigenvalue weighted by molar-refractivity contribution is 0.0472. The minimum Gasteiger partial charge on any atom is -0.457 e. The molecule has 0 atom stereocenters. The monoisotopic (exact) mass is 399 g/mol. The number of carbonyl (C=O) groups excluding carboxylic acids is 2. The lowest BCUT2D eigenvalue weighted by atomic mass is 10.1. The van der Waals surface area contributed by atoms with Crippen LogP contribution in [0.3, 0.4) is 0 Å². The van der Waals surface area contributed by atoms with Crippen molar-refractivity contribution in [1.29, 1.82) is 0 Å². The number of ether oxygens (including phenoxy) is 1. The van der Waals surface area contributed by atoms with Crippen LogP contribution in [0, 0.1) is 6.92 Å². The molecule has 1 aromatic heterocycles. The highest BCUT2D eigenvalue weighted by Crippen LogP contribution is 2.18. The van der Waals surface area contributed by atoms with Crippen LogP contribution in [0.5, 0.6) is 0 Å². The molecule has 1 amide bonds. The van der Waals surface area contributed by atoms with Crippen LogP contribution in [0.15, 0.2) is 72.8 Å². The van der Waals surface area contributed by atoms with Gasteiger partial charge in [0.2, 0.25) is 0 Å². The molecule has 0 aliphatic heterocycles. The number of nitrogens with one attached hydrogen (secondary N) is 1. The van der Waals surface area contributed by atoms with Crippen molar-refractivity contribution in [2.75, 3.05) is 5.32 Å². The standard InChI is InChI=1S/C24H21N3O3/c1-16-25-21-14-18(11-12-22(21)27(16)2)23(28)26-20-10-6-9-19(13-20)24(29)30-15-17-7-4-3-5-8-17/h3-14H,15H2,1-2H3,(H,26,28). The molecule has 0 saturated carbocycles. The number of esters is 1. The largest absolute Gasteiger partial charge is 0.457 e. The van der Waals surface area contributed by atoms with Gasteiger partial charge < -0.3 is 14.6 Å². The predicted octanol–water partition coefficient (Wildman–Crippen LogP) is 4.49. The van der Waals surface area contributed by atoms with Crippen LogP contribution in [0.4, 0.5) is 5.69 Å². The third-order valence-electron chi connectivity index (χ3n) is 4.94. The van der Waals surface area contributed by atoms with Crippen molar-refractivity contribution in [3.8, 4) is 0 Å². The zero-order chi connectivity index (χ0) is 21.1. The summed E-state index contributed by atoms with van der Waals surface area (Å²) in [6.07, 6.45) is 0. The number of nitrogens with zero attached hydrogens (tertiary/aromatic N) is 2. The van der Waals surface area contributed by atoms with Crippen LogP contribution < -0.4 is 5.32 Å². The molecule has 0 fully saturated rings. The Hall–Kier alpha value is -3.93. The van der Waals surface area contributed by atoms with Gasteiger partial charge in [-0.1, -0.05) is 36.4 Å². The minimum atomic E-state index is -0.444. The molecule has 1 heterocycles. The van der Waals surface area contributed by atoms with Gasteiger partial charge in [-0.15, -0.1) is 0 Å². The summed E-state index contributed by atoms with van der Waals surface area (Å²) in [5, 5.41) is 2.83. The Morgan fingerprint density at radius 1 is 0.967 bits per heavy atom. The molecular weight excluding hydrogens is 378 g/mol. The SMILES string of the molecule is Cc1nc2cc(C(=O)Nc3cccc(C(=O)OCc4ccccc4)c3)ccc2n1C. The summed E-state index contributed by atoms with van der Waals surface area (Å²) in [5.74, 6) is 0.166. The Balaban J connectivity index is 1.46. The van der Waals surface area contributed by atoms with E-state index in [-0.39, 0.29) is 12.5 Å². The average Bonchev–Trinajstić information content (AvgIpc) is 3.06. The van der Waals surface area contributed by atoms with Crippen molar-refractivity contribution in [1.82, 2.24) is 9.55 Å². The normalized spacial score (nSPS) is 10.7. The highest BCUT2D eigenvalue weighted by Gasteiger charge is 2.12. The molecule has 0 aliphatic rings. The second kappa shape index (κ2) is 8.21. The van der Waals surface area contributed by atoms with Crippen molar-refractivity contribution in [2.24, 2.45) is 7.05 Å². The van der Waals surface area contributed by atoms with Crippen LogP contribution in [0.25, 0.3) is 11.0 Å². The molecule has 1 N–H and O–H groups in total. The number of aryl methyl sites for hydroxylation is 2. The number of rotatable bonds is 5. The van der Waals surface area contributed by atoms with Crippen molar-refractivity contribution >= 4 is 28.6 Å². The number of amides is 1. The molecule has 0 unspecified atom stereocenters. The Morgan fingerprint density at radius 2 is 1.77 bits per heavy atom. The van der Waals surface area contributed by atoms with Crippen molar-refractivity contribution in [3.63, 3.8) is 0 Å². The van der Waals surface area contributed by atoms with Gasteiger partial charge in [-0.3, -0.25) is 4.79 Å². The average molecular weight is 399 g/mol. The predicted molar refractivity (Wildman–Crippen MR) is 115 cm³/mol. The molecule has 0 bridgehead atoms. The lowest BCUT2D eigenvalue weighted by Crippen LogP contribution is -2.13. The molecule has 0 aliphatic carbocycles. The molecule has 0 saturated heterocycles. The molecule has 6 heteroatoms. The Morgan fingerprint density at radius 3 is 2.57 bits per heavy atom. The van der Waals surface area contributed by atoms with Gasteiger partial charge in [0.1, 0.15) is 12.4 Å². The van der Waals surface area contributed by atoms with Crippen molar-refractivity contribution in [3.05, 3.63) is 95.3 Å². The lowest BCUT2D eigenvalue weighted by Gasteiger charge is -2.08. The zero-order valence-corrected chi connectivity index (χ0v) is 16.8. The maximum atomic E-state index is 12.7. The molecule has 0 spiro atoms. The number of imidazole rings is 1. The number of hydrogen-bond donors (Lipinski definition) is 1. The van der Waals surface area contributed by atoms with E-state index in [1.165, 1.54) is 0 Å². The van der Waals surface area contributed by atoms with Crippen LogP contribution in [0.1, 0.15) is 32.1 Å². The van der Waals surface area contributed by atoms with E-state index >= 15 is 0 Å². The Kier molecular flexibility index (Phi) is 5.30. The third-order valence-corrected chi connectivity index (χ3v) is 4.94. The molecular formula is C24H21N3O3. The van der Waals surface area contributed by atoms with E-state index in [9.17, 15) is 9.59 Å². The quantitative estimate of drug-likeness (QED) is 0.502. The second-order valence-electron chi connectivity index (χ2n) is 7.02. The van der Waals surface area contributed by atoms with Gasteiger partial charge in [-0.2, -0.15) is 0 Å². The van der Waals surface area contributed by atoms with Gasteiger partial charge in [-0.05, 0) is 48.9 Å². The van der Waals surface area contributed by atoms with E-state index in [1.807, 2.05) is 54.9 Å². The summed E-state index contributed by atoms with van der Waals surface area (Å²) < 4.78 is 7.33. The van der Waals surface area contributed by atoms with E-state index in [0.717, 1.165) is 22.4 Å². The van der Waals surface area contributed by atoms with Crippen LogP contribution in [-0.4, -0.2) is 21.4 Å². The van der Waals surface area contributed by atoms with Gasteiger partial charge >= 0.3 is 5.97 Å². The summed E-state index contributed by atoms with van der Waals surface area (Å²) >= 11 is 0. The number of benzene rings is 3. The second-order valence-corrected chi connectivity index (χ2v) is 7.02. The van der Waals surface area contributed by atoms with Gasteiger partial charge in [-0.25, -0.2) is 9.78 Å². The first-order chi connectivity index (χ1) is 14.5. The number of anilines is 1. The summed E-state index contributed by atoms with van der Waals surface area (Å²) in [6, 6.07) is 21.6. The Labute approximate surface area is 174 Å². The van der Waals surface area contributed by atoms with Crippen LogP contribution in [0.2, 0.25) is 0 Å². The summed E-state index contributed by atoms with van der Waals surface area (Å²) in [7, 11) is 1.94. The minimum absolute atomic E-state index is 0.194. The van der Waals surface area contributed by atoms with Gasteiger partial charge in [0.15, 0.2) is 0 Å². The summed E-state index contributed by atoms with van der Waals surface area (Å²) in [4.78, 5) is 29.5. The first-order valence-corrected chi connectivity index (χ1v) is 9.57. The molecule has 0 radical (unpaired) electrons. The molecule has 6 nitrogen and oxygen atoms in total. The highest BCUT2D eigenvalue weighted by molar-refractivity contribution is 6.06. The number of carbonyl (C=O) groups is 2. The van der Waals surface area contributed by atoms with E-state index < -0.39 is 5.97 Å². The molecule has 30 heavy (non-hydrogen) atoms. The van der Waals surface area contributed by atoms with Crippen LogP contribution >= 0.6 is 0 Å². The fourth-order valence-electron chi connectivity index (χ4n) is 3.20. The molecule has 4 rings (SSSR count). The highest BCUT2D eigenvalue weighted by atomic mass is 16.5. The van der Waals surface area contributed by atoms with E-state index in [0.29, 0.717) is 16.8 Å². The van der Waals surface area contributed by atoms with Crippen LogP contribution in [-0.2, 0) is 18.4 Å². The third kappa shape index (κ3) is 4.07. The van der Waals surface area contributed by atoms with E-state index in [1.54, 1.807) is 36.4 Å². The smallest absolute Gasteiger partial charge is 0.338 e. The fourth-order valence-corrected chi connectivity index (χ4v) is 3.20. The fraction of sp³-hybridized carbons (Fsp3) is 0.125. The Bertz CT molecular complexity index is 1230. The first-order valence-electron chi connectivity index (χ1n) is 9.57. The van der Waals surface area contributed by atoms with Gasteiger partial charge in [0, 0.05) is 18.3 Å². The number of fused-ring (bicyclic) bond motifs is 1. The van der Waals surface area contributed by atoms with E-state index in [2.05, 4.69) is 10.3 Å². The van der Waals surface area contributed by atoms with Crippen molar-refractivity contribution < 1.29 is 14.3 Å². The van der Waals surface area contributed by atoms with Gasteiger partial charge in [0.05, 0.1) is 16.6 Å². The molecule has 150 valence electrons. The number of hydrogen-bond acceptors (Lipinski definition) is 4. The van der Waals surface area contributed by atoms with Gasteiger partial charge in [0.25, 0.3) is 5.91 Å². The topological polar surface area (TPSA) is 73.2 Å². The van der Waals surface area contributed by atoms with Crippen molar-refractivity contribution in [2.45, 2.75) is 13.5 Å². The molecule has 3 aromatic carbocycles. The summed E-state index contributed by atoms with van der Waals surface area (Å²) in [5.41, 5.74) is 4.03. The first kappa shape index (κ1) is 19.4. The molecule has 4 aromatic rings.